The number of carbonyl (C=O) groups excluding carboxylic acids is 2. The van der Waals surface area contributed by atoms with Crippen LogP contribution in [0.1, 0.15) is 10.4 Å². The number of pyridine rings is 1. The van der Waals surface area contributed by atoms with Gasteiger partial charge in [0.1, 0.15) is 6.54 Å². The quantitative estimate of drug-likeness (QED) is 0.646. The van der Waals surface area contributed by atoms with Crippen LogP contribution in [0.4, 0.5) is 13.2 Å². The summed E-state index contributed by atoms with van der Waals surface area (Å²) in [7, 11) is 0. The molecule has 0 unspecified atom stereocenters. The molecular weight excluding hydrogens is 415 g/mol. The van der Waals surface area contributed by atoms with Gasteiger partial charge in [-0.3, -0.25) is 9.59 Å². The van der Waals surface area contributed by atoms with Crippen LogP contribution in [0.25, 0.3) is 21.5 Å². The summed E-state index contributed by atoms with van der Waals surface area (Å²) in [5, 5.41) is 4.60. The van der Waals surface area contributed by atoms with E-state index in [1.807, 2.05) is 0 Å². The average Bonchev–Trinajstić information content (AvgIpc) is 3.09. The second-order valence-corrected chi connectivity index (χ2v) is 7.47. The highest BCUT2D eigenvalue weighted by atomic mass is 35.5. The molecule has 3 aromatic rings. The molecule has 1 aromatic carbocycles. The van der Waals surface area contributed by atoms with E-state index in [9.17, 15) is 22.8 Å². The van der Waals surface area contributed by atoms with Crippen LogP contribution in [0.5, 0.6) is 0 Å². The monoisotopic (exact) mass is 427 g/mol. The first-order valence-electron chi connectivity index (χ1n) is 8.00. The average molecular weight is 428 g/mol. The Kier molecular flexibility index (Phi) is 5.85. The van der Waals surface area contributed by atoms with Gasteiger partial charge in [-0.05, 0) is 24.3 Å². The molecule has 0 atom stereocenters. The summed E-state index contributed by atoms with van der Waals surface area (Å²) >= 11 is 7.26. The zero-order chi connectivity index (χ0) is 20.3. The van der Waals surface area contributed by atoms with E-state index in [-0.39, 0.29) is 5.56 Å². The van der Waals surface area contributed by atoms with Crippen molar-refractivity contribution in [2.24, 2.45) is 0 Å². The summed E-state index contributed by atoms with van der Waals surface area (Å²) in [6.45, 7) is -2.03. The number of para-hydroxylation sites is 1. The largest absolute Gasteiger partial charge is 0.405 e. The van der Waals surface area contributed by atoms with E-state index in [1.165, 1.54) is 11.3 Å². The molecule has 0 saturated carbocycles. The van der Waals surface area contributed by atoms with Gasteiger partial charge in [0.15, 0.2) is 0 Å². The van der Waals surface area contributed by atoms with Gasteiger partial charge in [0, 0.05) is 5.39 Å². The van der Waals surface area contributed by atoms with Crippen molar-refractivity contribution in [3.8, 4) is 10.6 Å². The van der Waals surface area contributed by atoms with Crippen molar-refractivity contribution in [1.29, 1.82) is 0 Å². The van der Waals surface area contributed by atoms with Crippen molar-refractivity contribution < 1.29 is 22.8 Å². The number of thiophene rings is 1. The lowest BCUT2D eigenvalue weighted by Crippen LogP contribution is -2.40. The van der Waals surface area contributed by atoms with Gasteiger partial charge in [-0.2, -0.15) is 13.2 Å². The van der Waals surface area contributed by atoms with E-state index in [0.29, 0.717) is 20.9 Å². The molecule has 0 aliphatic heterocycles. The van der Waals surface area contributed by atoms with Gasteiger partial charge in [-0.1, -0.05) is 29.8 Å². The second-order valence-electron chi connectivity index (χ2n) is 5.75. The second kappa shape index (κ2) is 8.15. The Bertz CT molecular complexity index is 1040. The number of hydrogen-bond acceptors (Lipinski definition) is 4. The summed E-state index contributed by atoms with van der Waals surface area (Å²) in [5.74, 6) is -1.53. The van der Waals surface area contributed by atoms with Crippen molar-refractivity contribution in [3.63, 3.8) is 0 Å². The van der Waals surface area contributed by atoms with Crippen LogP contribution in [0.3, 0.4) is 0 Å². The maximum absolute atomic E-state index is 12.6. The molecule has 0 bridgehead atoms. The third kappa shape index (κ3) is 4.99. The summed E-state index contributed by atoms with van der Waals surface area (Å²) in [5.41, 5.74) is 1.35. The smallest absolute Gasteiger partial charge is 0.345 e. The van der Waals surface area contributed by atoms with Gasteiger partial charge >= 0.3 is 6.18 Å². The Balaban J connectivity index is 1.83. The van der Waals surface area contributed by atoms with Crippen LogP contribution in [-0.2, 0) is 4.79 Å². The molecule has 0 aliphatic carbocycles. The molecule has 2 heterocycles. The van der Waals surface area contributed by atoms with E-state index in [4.69, 9.17) is 11.6 Å². The fourth-order valence-corrected chi connectivity index (χ4v) is 3.46. The Morgan fingerprint density at radius 1 is 1.11 bits per heavy atom. The van der Waals surface area contributed by atoms with Crippen molar-refractivity contribution in [3.05, 3.63) is 52.4 Å². The van der Waals surface area contributed by atoms with Crippen LogP contribution in [0, 0.1) is 0 Å². The minimum atomic E-state index is -4.52. The van der Waals surface area contributed by atoms with Gasteiger partial charge in [0.05, 0.1) is 32.5 Å². The maximum Gasteiger partial charge on any atom is 0.405 e. The number of nitrogens with zero attached hydrogens (tertiary/aromatic N) is 1. The normalized spacial score (nSPS) is 11.4. The summed E-state index contributed by atoms with van der Waals surface area (Å²) in [6.07, 6.45) is -4.52. The number of alkyl halides is 3. The van der Waals surface area contributed by atoms with Crippen LogP contribution in [0.2, 0.25) is 4.34 Å². The highest BCUT2D eigenvalue weighted by Crippen LogP contribution is 2.32. The zero-order valence-electron chi connectivity index (χ0n) is 14.1. The van der Waals surface area contributed by atoms with Crippen LogP contribution in [0.15, 0.2) is 42.5 Å². The van der Waals surface area contributed by atoms with E-state index in [0.717, 1.165) is 4.88 Å². The Hall–Kier alpha value is -2.65. The Morgan fingerprint density at radius 2 is 1.86 bits per heavy atom. The molecule has 2 aromatic heterocycles. The highest BCUT2D eigenvalue weighted by Gasteiger charge is 2.27. The predicted molar refractivity (Wildman–Crippen MR) is 101 cm³/mol. The van der Waals surface area contributed by atoms with Crippen LogP contribution < -0.4 is 10.6 Å². The van der Waals surface area contributed by atoms with Crippen molar-refractivity contribution in [1.82, 2.24) is 15.6 Å². The number of rotatable bonds is 5. The molecule has 28 heavy (non-hydrogen) atoms. The molecular formula is C18H13ClF3N3O2S. The SMILES string of the molecule is O=C(CNC(=O)c1cc(-c2ccc(Cl)s2)nc2ccccc12)NCC(F)(F)F. The third-order valence-electron chi connectivity index (χ3n) is 3.68. The first-order chi connectivity index (χ1) is 13.2. The number of fused-ring (bicyclic) bond motifs is 1. The number of hydrogen-bond donors (Lipinski definition) is 2. The number of amides is 2. The molecule has 3 rings (SSSR count). The number of carbonyl (C=O) groups is 2. The number of halogens is 4. The van der Waals surface area contributed by atoms with Gasteiger partial charge in [0.2, 0.25) is 5.91 Å². The minimum absolute atomic E-state index is 0.258. The summed E-state index contributed by atoms with van der Waals surface area (Å²) in [4.78, 5) is 29.4. The highest BCUT2D eigenvalue weighted by molar-refractivity contribution is 7.19. The zero-order valence-corrected chi connectivity index (χ0v) is 15.7. The van der Waals surface area contributed by atoms with E-state index in [1.54, 1.807) is 47.8 Å². The van der Waals surface area contributed by atoms with E-state index in [2.05, 4.69) is 10.3 Å². The number of nitrogens with one attached hydrogen (secondary N) is 2. The molecule has 5 nitrogen and oxygen atoms in total. The molecule has 0 saturated heterocycles. The lowest BCUT2D eigenvalue weighted by molar-refractivity contribution is -0.137. The minimum Gasteiger partial charge on any atom is -0.345 e. The fourth-order valence-electron chi connectivity index (χ4n) is 2.46. The molecule has 0 fully saturated rings. The molecule has 10 heteroatoms. The Labute approximate surface area is 166 Å². The van der Waals surface area contributed by atoms with Gasteiger partial charge in [0.25, 0.3) is 5.91 Å². The van der Waals surface area contributed by atoms with Gasteiger partial charge in [-0.15, -0.1) is 11.3 Å². The first kappa shape index (κ1) is 20.1. The number of benzene rings is 1. The van der Waals surface area contributed by atoms with Crippen molar-refractivity contribution in [2.45, 2.75) is 6.18 Å². The lowest BCUT2D eigenvalue weighted by Gasteiger charge is -2.11. The molecule has 146 valence electrons. The molecule has 0 radical (unpaired) electrons. The molecule has 2 N–H and O–H groups in total. The molecule has 0 spiro atoms. The summed E-state index contributed by atoms with van der Waals surface area (Å²) < 4.78 is 37.0. The van der Waals surface area contributed by atoms with E-state index < -0.39 is 31.1 Å². The third-order valence-corrected chi connectivity index (χ3v) is 4.94. The van der Waals surface area contributed by atoms with Crippen LogP contribution in [-0.4, -0.2) is 36.1 Å². The standard InChI is InChI=1S/C18H13ClF3N3O2S/c19-15-6-5-14(28-15)13-7-11(10-3-1-2-4-12(10)25-13)17(27)23-8-16(26)24-9-18(20,21)22/h1-7H,8-9H2,(H,23,27)(H,24,26). The Morgan fingerprint density at radius 3 is 2.54 bits per heavy atom. The van der Waals surface area contributed by atoms with Crippen molar-refractivity contribution >= 4 is 45.7 Å². The molecule has 0 aliphatic rings. The number of aromatic nitrogens is 1. The van der Waals surface area contributed by atoms with Crippen LogP contribution >= 0.6 is 22.9 Å². The predicted octanol–water partition coefficient (Wildman–Crippen LogP) is 4.03. The topological polar surface area (TPSA) is 71.1 Å². The molecule has 2 amide bonds. The van der Waals surface area contributed by atoms with Crippen molar-refractivity contribution in [2.75, 3.05) is 13.1 Å². The van der Waals surface area contributed by atoms with E-state index >= 15 is 0 Å². The fraction of sp³-hybridized carbons (Fsp3) is 0.167. The lowest BCUT2D eigenvalue weighted by atomic mass is 10.1. The maximum atomic E-state index is 12.6. The van der Waals surface area contributed by atoms with Gasteiger partial charge < -0.3 is 10.6 Å². The first-order valence-corrected chi connectivity index (χ1v) is 9.19. The summed E-state index contributed by atoms with van der Waals surface area (Å²) in [6, 6.07) is 12.0. The van der Waals surface area contributed by atoms with Gasteiger partial charge in [-0.25, -0.2) is 4.98 Å².